The van der Waals surface area contributed by atoms with Crippen LogP contribution < -0.4 is 4.74 Å². The molecule has 0 heterocycles. The van der Waals surface area contributed by atoms with Crippen molar-refractivity contribution in [1.29, 1.82) is 0 Å². The number of hydrogen-bond acceptors (Lipinski definition) is 3. The van der Waals surface area contributed by atoms with Gasteiger partial charge >= 0.3 is 5.97 Å². The molecule has 5 nitrogen and oxygen atoms in total. The van der Waals surface area contributed by atoms with E-state index in [1.807, 2.05) is 0 Å². The predicted octanol–water partition coefficient (Wildman–Crippen LogP) is 2.30. The van der Waals surface area contributed by atoms with E-state index in [-0.39, 0.29) is 23.9 Å². The Bertz CT molecular complexity index is 540. The van der Waals surface area contributed by atoms with E-state index in [0.29, 0.717) is 0 Å². The second kappa shape index (κ2) is 6.56. The average molecular weight is 295 g/mol. The highest BCUT2D eigenvalue weighted by atomic mass is 19.1. The minimum atomic E-state index is -1.07. The van der Waals surface area contributed by atoms with Crippen molar-refractivity contribution in [2.24, 2.45) is 0 Å². The summed E-state index contributed by atoms with van der Waals surface area (Å²) in [6, 6.07) is 3.83. The van der Waals surface area contributed by atoms with Crippen molar-refractivity contribution in [2.75, 3.05) is 13.7 Å². The lowest BCUT2D eigenvalue weighted by molar-refractivity contribution is -0.138. The van der Waals surface area contributed by atoms with Gasteiger partial charge in [0, 0.05) is 11.6 Å². The minimum Gasteiger partial charge on any atom is -0.494 e. The summed E-state index contributed by atoms with van der Waals surface area (Å²) in [5.41, 5.74) is 0.140. The van der Waals surface area contributed by atoms with E-state index < -0.39 is 17.7 Å². The van der Waals surface area contributed by atoms with Crippen molar-refractivity contribution >= 4 is 11.9 Å². The zero-order valence-corrected chi connectivity index (χ0v) is 11.8. The van der Waals surface area contributed by atoms with Gasteiger partial charge in [-0.1, -0.05) is 12.8 Å². The fraction of sp³-hybridized carbons (Fsp3) is 0.467. The summed E-state index contributed by atoms with van der Waals surface area (Å²) >= 11 is 0. The molecular weight excluding hydrogens is 277 g/mol. The summed E-state index contributed by atoms with van der Waals surface area (Å²) in [6.07, 6.45) is 3.53. The van der Waals surface area contributed by atoms with Crippen LogP contribution in [0, 0.1) is 5.82 Å². The van der Waals surface area contributed by atoms with Crippen LogP contribution in [-0.2, 0) is 4.79 Å². The third-order valence-electron chi connectivity index (χ3n) is 3.73. The maximum atomic E-state index is 13.7. The maximum absolute atomic E-state index is 13.7. The first kappa shape index (κ1) is 15.3. The zero-order chi connectivity index (χ0) is 15.4. The average Bonchev–Trinajstić information content (AvgIpc) is 2.97. The number of carboxylic acids is 1. The van der Waals surface area contributed by atoms with Crippen molar-refractivity contribution in [3.63, 3.8) is 0 Å². The highest BCUT2D eigenvalue weighted by Gasteiger charge is 2.29. The number of nitrogens with zero attached hydrogens (tertiary/aromatic N) is 1. The normalized spacial score (nSPS) is 15.0. The van der Waals surface area contributed by atoms with Crippen LogP contribution in [0.25, 0.3) is 0 Å². The second-order valence-corrected chi connectivity index (χ2v) is 5.11. The number of methoxy groups -OCH3 is 1. The minimum absolute atomic E-state index is 0.0530. The largest absolute Gasteiger partial charge is 0.494 e. The maximum Gasteiger partial charge on any atom is 0.323 e. The molecule has 0 atom stereocenters. The smallest absolute Gasteiger partial charge is 0.323 e. The molecule has 1 aliphatic rings. The molecule has 1 aromatic rings. The number of carbonyl (C=O) groups excluding carboxylic acids is 1. The van der Waals surface area contributed by atoms with Gasteiger partial charge in [-0.15, -0.1) is 0 Å². The lowest BCUT2D eigenvalue weighted by atomic mass is 10.1. The molecule has 1 saturated carbocycles. The number of ether oxygens (including phenoxy) is 1. The first-order chi connectivity index (χ1) is 10.0. The molecule has 0 radical (unpaired) electrons. The molecule has 1 amide bonds. The number of hydrogen-bond donors (Lipinski definition) is 1. The molecule has 1 aromatic carbocycles. The number of amides is 1. The SMILES string of the molecule is COc1ccc(C(=O)N(CC(=O)O)C2CCCC2)cc1F. The highest BCUT2D eigenvalue weighted by molar-refractivity contribution is 5.96. The van der Waals surface area contributed by atoms with E-state index >= 15 is 0 Å². The number of benzene rings is 1. The molecule has 2 rings (SSSR count). The van der Waals surface area contributed by atoms with Gasteiger partial charge in [0.2, 0.25) is 0 Å². The monoisotopic (exact) mass is 295 g/mol. The Morgan fingerprint density at radius 2 is 2.05 bits per heavy atom. The van der Waals surface area contributed by atoms with Gasteiger partial charge in [0.05, 0.1) is 7.11 Å². The van der Waals surface area contributed by atoms with Crippen LogP contribution in [0.5, 0.6) is 5.75 Å². The fourth-order valence-corrected chi connectivity index (χ4v) is 2.69. The molecule has 114 valence electrons. The lowest BCUT2D eigenvalue weighted by Crippen LogP contribution is -2.42. The number of carbonyl (C=O) groups is 2. The molecule has 0 bridgehead atoms. The van der Waals surface area contributed by atoms with E-state index in [9.17, 15) is 14.0 Å². The van der Waals surface area contributed by atoms with E-state index in [4.69, 9.17) is 9.84 Å². The van der Waals surface area contributed by atoms with Gasteiger partial charge < -0.3 is 14.7 Å². The highest BCUT2D eigenvalue weighted by Crippen LogP contribution is 2.26. The molecule has 1 N–H and O–H groups in total. The standard InChI is InChI=1S/C15H18FNO4/c1-21-13-7-6-10(8-12(13)16)15(20)17(9-14(18)19)11-4-2-3-5-11/h6-8,11H,2-5,9H2,1H3,(H,18,19). The summed E-state index contributed by atoms with van der Waals surface area (Å²) in [6.45, 7) is -0.364. The molecule has 0 aromatic heterocycles. The van der Waals surface area contributed by atoms with Crippen LogP contribution in [0.2, 0.25) is 0 Å². The summed E-state index contributed by atoms with van der Waals surface area (Å²) in [4.78, 5) is 24.8. The third kappa shape index (κ3) is 3.51. The van der Waals surface area contributed by atoms with E-state index in [1.165, 1.54) is 24.1 Å². The Labute approximate surface area is 122 Å². The van der Waals surface area contributed by atoms with Gasteiger partial charge in [-0.05, 0) is 31.0 Å². The molecule has 0 aliphatic heterocycles. The summed E-state index contributed by atoms with van der Waals surface area (Å²) in [5, 5.41) is 8.99. The van der Waals surface area contributed by atoms with E-state index in [2.05, 4.69) is 0 Å². The van der Waals surface area contributed by atoms with Crippen molar-refractivity contribution in [2.45, 2.75) is 31.7 Å². The second-order valence-electron chi connectivity index (χ2n) is 5.11. The Morgan fingerprint density at radius 1 is 1.38 bits per heavy atom. The number of aliphatic carboxylic acids is 1. The Morgan fingerprint density at radius 3 is 2.57 bits per heavy atom. The number of rotatable bonds is 5. The van der Waals surface area contributed by atoms with Gasteiger partial charge in [0.15, 0.2) is 11.6 Å². The van der Waals surface area contributed by atoms with E-state index in [0.717, 1.165) is 31.7 Å². The molecular formula is C15H18FNO4. The van der Waals surface area contributed by atoms with Crippen LogP contribution in [0.1, 0.15) is 36.0 Å². The first-order valence-corrected chi connectivity index (χ1v) is 6.89. The molecule has 0 saturated heterocycles. The van der Waals surface area contributed by atoms with Gasteiger partial charge in [-0.2, -0.15) is 0 Å². The van der Waals surface area contributed by atoms with Gasteiger partial charge in [-0.3, -0.25) is 9.59 Å². The van der Waals surface area contributed by atoms with Crippen LogP contribution in [0.15, 0.2) is 18.2 Å². The number of halogens is 1. The van der Waals surface area contributed by atoms with Gasteiger partial charge in [0.1, 0.15) is 6.54 Å². The molecule has 1 aliphatic carbocycles. The molecule has 0 spiro atoms. The van der Waals surface area contributed by atoms with Crippen LogP contribution in [0.4, 0.5) is 4.39 Å². The zero-order valence-electron chi connectivity index (χ0n) is 11.8. The predicted molar refractivity (Wildman–Crippen MR) is 73.9 cm³/mol. The topological polar surface area (TPSA) is 66.8 Å². The Hall–Kier alpha value is -2.11. The lowest BCUT2D eigenvalue weighted by Gasteiger charge is -2.27. The van der Waals surface area contributed by atoms with Crippen molar-refractivity contribution in [1.82, 2.24) is 4.90 Å². The van der Waals surface area contributed by atoms with Crippen LogP contribution >= 0.6 is 0 Å². The summed E-state index contributed by atoms with van der Waals surface area (Å²) < 4.78 is 18.5. The van der Waals surface area contributed by atoms with Crippen molar-refractivity contribution < 1.29 is 23.8 Å². The quantitative estimate of drug-likeness (QED) is 0.905. The van der Waals surface area contributed by atoms with Gasteiger partial charge in [-0.25, -0.2) is 4.39 Å². The molecule has 0 unspecified atom stereocenters. The third-order valence-corrected chi connectivity index (χ3v) is 3.73. The van der Waals surface area contributed by atoms with Gasteiger partial charge in [0.25, 0.3) is 5.91 Å². The van der Waals surface area contributed by atoms with E-state index in [1.54, 1.807) is 0 Å². The van der Waals surface area contributed by atoms with Crippen LogP contribution in [0.3, 0.4) is 0 Å². The first-order valence-electron chi connectivity index (χ1n) is 6.89. The van der Waals surface area contributed by atoms with Crippen molar-refractivity contribution in [3.05, 3.63) is 29.6 Å². The number of carboxylic acid groups (broad SMARTS) is 1. The Kier molecular flexibility index (Phi) is 4.77. The fourth-order valence-electron chi connectivity index (χ4n) is 2.69. The molecule has 6 heteroatoms. The Balaban J connectivity index is 2.24. The summed E-state index contributed by atoms with van der Waals surface area (Å²) in [5.74, 6) is -2.10. The van der Waals surface area contributed by atoms with Crippen LogP contribution in [-0.4, -0.2) is 41.6 Å². The molecule has 1 fully saturated rings. The molecule has 21 heavy (non-hydrogen) atoms. The summed E-state index contributed by atoms with van der Waals surface area (Å²) in [7, 11) is 1.34. The van der Waals surface area contributed by atoms with Crippen molar-refractivity contribution in [3.8, 4) is 5.75 Å².